The molecule has 0 spiro atoms. The van der Waals surface area contributed by atoms with Crippen LogP contribution in [0, 0.1) is 11.7 Å². The first-order valence-electron chi connectivity index (χ1n) is 5.43. The molecule has 84 valence electrons. The van der Waals surface area contributed by atoms with Gasteiger partial charge >= 0.3 is 0 Å². The molecule has 3 heteroatoms. The Hall–Kier alpha value is -0.960. The van der Waals surface area contributed by atoms with Crippen LogP contribution >= 0.6 is 0 Å². The first-order valence-corrected chi connectivity index (χ1v) is 5.43. The number of rotatable bonds is 4. The van der Waals surface area contributed by atoms with E-state index in [1.807, 2.05) is 6.92 Å². The van der Waals surface area contributed by atoms with Gasteiger partial charge in [0.05, 0.1) is 17.4 Å². The molecule has 0 bridgehead atoms. The van der Waals surface area contributed by atoms with Crippen LogP contribution in [0.15, 0.2) is 18.3 Å². The van der Waals surface area contributed by atoms with Crippen molar-refractivity contribution in [2.45, 2.75) is 39.2 Å². The maximum atomic E-state index is 12.7. The summed E-state index contributed by atoms with van der Waals surface area (Å²) < 4.78 is 12.7. The smallest absolute Gasteiger partial charge is 0.141 e. The van der Waals surface area contributed by atoms with E-state index in [2.05, 4.69) is 18.8 Å². The first kappa shape index (κ1) is 12.1. The fourth-order valence-electron chi connectivity index (χ4n) is 2.04. The molecule has 1 aromatic heterocycles. The summed E-state index contributed by atoms with van der Waals surface area (Å²) in [7, 11) is 0. The van der Waals surface area contributed by atoms with Crippen LogP contribution in [-0.2, 0) is 5.54 Å². The Balaban J connectivity index is 2.98. The lowest BCUT2D eigenvalue weighted by molar-refractivity contribution is 0.275. The van der Waals surface area contributed by atoms with Crippen LogP contribution in [0.2, 0.25) is 0 Å². The molecule has 0 amide bonds. The highest BCUT2D eigenvalue weighted by Crippen LogP contribution is 2.29. The van der Waals surface area contributed by atoms with Crippen LogP contribution in [0.3, 0.4) is 0 Å². The molecule has 0 aliphatic carbocycles. The van der Waals surface area contributed by atoms with Gasteiger partial charge in [-0.3, -0.25) is 4.98 Å². The van der Waals surface area contributed by atoms with Gasteiger partial charge in [0.1, 0.15) is 5.82 Å². The van der Waals surface area contributed by atoms with Crippen LogP contribution in [-0.4, -0.2) is 4.98 Å². The molecule has 2 N–H and O–H groups in total. The molecule has 0 radical (unpaired) electrons. The SMILES string of the molecule is CCC(CC)C(C)(N)c1ccc(F)cn1. The molecule has 2 nitrogen and oxygen atoms in total. The number of nitrogens with two attached hydrogens (primary N) is 1. The summed E-state index contributed by atoms with van der Waals surface area (Å²) in [5.41, 5.74) is 6.56. The van der Waals surface area contributed by atoms with E-state index in [-0.39, 0.29) is 5.82 Å². The summed E-state index contributed by atoms with van der Waals surface area (Å²) in [4.78, 5) is 4.07. The second kappa shape index (κ2) is 4.71. The summed E-state index contributed by atoms with van der Waals surface area (Å²) in [5.74, 6) is 0.0505. The summed E-state index contributed by atoms with van der Waals surface area (Å²) in [6.07, 6.45) is 3.23. The maximum Gasteiger partial charge on any atom is 0.141 e. The summed E-state index contributed by atoms with van der Waals surface area (Å²) in [6.45, 7) is 6.19. The van der Waals surface area contributed by atoms with Crippen molar-refractivity contribution in [3.63, 3.8) is 0 Å². The highest BCUT2D eigenvalue weighted by Gasteiger charge is 2.30. The van der Waals surface area contributed by atoms with Gasteiger partial charge in [-0.1, -0.05) is 26.7 Å². The summed E-state index contributed by atoms with van der Waals surface area (Å²) >= 11 is 0. The quantitative estimate of drug-likeness (QED) is 0.830. The molecular formula is C12H19FN2. The number of nitrogens with zero attached hydrogens (tertiary/aromatic N) is 1. The van der Waals surface area contributed by atoms with Gasteiger partial charge < -0.3 is 5.73 Å². The van der Waals surface area contributed by atoms with Gasteiger partial charge in [0.25, 0.3) is 0 Å². The molecule has 0 aliphatic heterocycles. The average Bonchev–Trinajstić information content (AvgIpc) is 2.19. The molecule has 0 saturated heterocycles. The summed E-state index contributed by atoms with van der Waals surface area (Å²) in [5, 5.41) is 0. The van der Waals surface area contributed by atoms with Crippen LogP contribution in [0.5, 0.6) is 0 Å². The molecule has 0 saturated carbocycles. The van der Waals surface area contributed by atoms with E-state index in [4.69, 9.17) is 5.73 Å². The van der Waals surface area contributed by atoms with Crippen molar-refractivity contribution in [3.8, 4) is 0 Å². The minimum atomic E-state index is -0.475. The van der Waals surface area contributed by atoms with Crippen molar-refractivity contribution in [1.82, 2.24) is 4.98 Å². The topological polar surface area (TPSA) is 38.9 Å². The average molecular weight is 210 g/mol. The Morgan fingerprint density at radius 3 is 2.40 bits per heavy atom. The molecule has 1 heterocycles. The van der Waals surface area contributed by atoms with E-state index in [0.29, 0.717) is 5.92 Å². The van der Waals surface area contributed by atoms with Gasteiger partial charge in [0, 0.05) is 0 Å². The Morgan fingerprint density at radius 2 is 2.00 bits per heavy atom. The Morgan fingerprint density at radius 1 is 1.40 bits per heavy atom. The highest BCUT2D eigenvalue weighted by molar-refractivity contribution is 5.15. The van der Waals surface area contributed by atoms with Crippen LogP contribution in [0.4, 0.5) is 4.39 Å². The third-order valence-electron chi connectivity index (χ3n) is 3.11. The summed E-state index contributed by atoms with van der Waals surface area (Å²) in [6, 6.07) is 3.09. The second-order valence-corrected chi connectivity index (χ2v) is 4.16. The van der Waals surface area contributed by atoms with Gasteiger partial charge in [0.2, 0.25) is 0 Å². The lowest BCUT2D eigenvalue weighted by Crippen LogP contribution is -2.41. The third-order valence-corrected chi connectivity index (χ3v) is 3.11. The molecule has 0 aromatic carbocycles. The molecule has 1 aromatic rings. The van der Waals surface area contributed by atoms with E-state index in [0.717, 1.165) is 18.5 Å². The zero-order valence-corrected chi connectivity index (χ0v) is 9.63. The lowest BCUT2D eigenvalue weighted by atomic mass is 9.80. The van der Waals surface area contributed by atoms with Gasteiger partial charge in [-0.2, -0.15) is 0 Å². The largest absolute Gasteiger partial charge is 0.320 e. The van der Waals surface area contributed by atoms with Gasteiger partial charge in [-0.15, -0.1) is 0 Å². The van der Waals surface area contributed by atoms with E-state index < -0.39 is 5.54 Å². The van der Waals surface area contributed by atoms with E-state index >= 15 is 0 Å². The Bertz CT molecular complexity index is 302. The van der Waals surface area contributed by atoms with Crippen molar-refractivity contribution in [1.29, 1.82) is 0 Å². The van der Waals surface area contributed by atoms with E-state index in [1.54, 1.807) is 6.07 Å². The molecule has 15 heavy (non-hydrogen) atoms. The monoisotopic (exact) mass is 210 g/mol. The van der Waals surface area contributed by atoms with Gasteiger partial charge in [0.15, 0.2) is 0 Å². The Labute approximate surface area is 90.7 Å². The van der Waals surface area contributed by atoms with Crippen LogP contribution in [0.25, 0.3) is 0 Å². The Kier molecular flexibility index (Phi) is 3.80. The number of hydrogen-bond donors (Lipinski definition) is 1. The van der Waals surface area contributed by atoms with Crippen molar-refractivity contribution in [3.05, 3.63) is 29.8 Å². The molecule has 0 fully saturated rings. The molecule has 0 aliphatic rings. The van der Waals surface area contributed by atoms with Crippen molar-refractivity contribution >= 4 is 0 Å². The molecule has 1 unspecified atom stereocenters. The van der Waals surface area contributed by atoms with Gasteiger partial charge in [-0.05, 0) is 25.0 Å². The number of aromatic nitrogens is 1. The standard InChI is InChI=1S/C12H19FN2/c1-4-9(5-2)12(3,14)11-7-6-10(13)8-15-11/h6-9H,4-5,14H2,1-3H3. The van der Waals surface area contributed by atoms with E-state index in [9.17, 15) is 4.39 Å². The minimum absolute atomic E-state index is 0.320. The van der Waals surface area contributed by atoms with Crippen molar-refractivity contribution < 1.29 is 4.39 Å². The van der Waals surface area contributed by atoms with Crippen LogP contribution in [0.1, 0.15) is 39.3 Å². The van der Waals surface area contributed by atoms with E-state index in [1.165, 1.54) is 12.3 Å². The first-order chi connectivity index (χ1) is 7.02. The third kappa shape index (κ3) is 2.53. The fourth-order valence-corrected chi connectivity index (χ4v) is 2.04. The number of pyridine rings is 1. The fraction of sp³-hybridized carbons (Fsp3) is 0.583. The maximum absolute atomic E-state index is 12.7. The highest BCUT2D eigenvalue weighted by atomic mass is 19.1. The minimum Gasteiger partial charge on any atom is -0.320 e. The lowest BCUT2D eigenvalue weighted by Gasteiger charge is -2.32. The zero-order valence-electron chi connectivity index (χ0n) is 9.63. The normalized spacial score (nSPS) is 15.3. The number of halogens is 1. The zero-order chi connectivity index (χ0) is 11.5. The molecule has 1 atom stereocenters. The van der Waals surface area contributed by atoms with Gasteiger partial charge in [-0.25, -0.2) is 4.39 Å². The predicted molar refractivity (Wildman–Crippen MR) is 59.8 cm³/mol. The van der Waals surface area contributed by atoms with Crippen LogP contribution < -0.4 is 5.73 Å². The second-order valence-electron chi connectivity index (χ2n) is 4.16. The number of hydrogen-bond acceptors (Lipinski definition) is 2. The molecular weight excluding hydrogens is 191 g/mol. The molecule has 1 rings (SSSR count). The van der Waals surface area contributed by atoms with Crippen molar-refractivity contribution in [2.24, 2.45) is 11.7 Å². The predicted octanol–water partition coefficient (Wildman–Crippen LogP) is 2.83. The van der Waals surface area contributed by atoms with Crippen molar-refractivity contribution in [2.75, 3.05) is 0 Å².